The summed E-state index contributed by atoms with van der Waals surface area (Å²) in [6.07, 6.45) is 0. The van der Waals surface area contributed by atoms with Crippen molar-refractivity contribution in [1.29, 1.82) is 0 Å². The van der Waals surface area contributed by atoms with Gasteiger partial charge in [-0.2, -0.15) is 0 Å². The predicted molar refractivity (Wildman–Crippen MR) is 81.0 cm³/mol. The van der Waals surface area contributed by atoms with Gasteiger partial charge >= 0.3 is 5.97 Å². The van der Waals surface area contributed by atoms with Gasteiger partial charge in [0, 0.05) is 16.7 Å². The monoisotopic (exact) mass is 313 g/mol. The number of thiazole rings is 1. The number of carboxylic acids is 1. The third-order valence-electron chi connectivity index (χ3n) is 2.48. The van der Waals surface area contributed by atoms with E-state index in [4.69, 9.17) is 16.7 Å². The molecule has 2 aromatic rings. The summed E-state index contributed by atoms with van der Waals surface area (Å²) >= 11 is 9.00. The zero-order chi connectivity index (χ0) is 13.8. The van der Waals surface area contributed by atoms with Gasteiger partial charge in [-0.25, -0.2) is 4.98 Å². The molecule has 1 heterocycles. The van der Waals surface area contributed by atoms with Crippen molar-refractivity contribution in [3.05, 3.63) is 40.4 Å². The van der Waals surface area contributed by atoms with Crippen LogP contribution in [0.3, 0.4) is 0 Å². The van der Waals surface area contributed by atoms with E-state index in [1.54, 1.807) is 6.92 Å². The molecule has 100 valence electrons. The molecule has 0 fully saturated rings. The summed E-state index contributed by atoms with van der Waals surface area (Å²) in [7, 11) is 0. The van der Waals surface area contributed by atoms with Crippen LogP contribution in [0.15, 0.2) is 29.6 Å². The molecule has 1 atom stereocenters. The highest BCUT2D eigenvalue weighted by molar-refractivity contribution is 7.99. The first-order valence-corrected chi connectivity index (χ1v) is 7.92. The quantitative estimate of drug-likeness (QED) is 0.900. The average molecular weight is 314 g/mol. The molecule has 0 aliphatic heterocycles. The second-order valence-corrected chi connectivity index (χ2v) is 6.51. The zero-order valence-corrected chi connectivity index (χ0v) is 12.6. The molecule has 6 heteroatoms. The van der Waals surface area contributed by atoms with E-state index in [0.29, 0.717) is 10.8 Å². The highest BCUT2D eigenvalue weighted by Crippen LogP contribution is 2.31. The van der Waals surface area contributed by atoms with Crippen LogP contribution in [0, 0.1) is 0 Å². The third-order valence-corrected chi connectivity index (χ3v) is 4.90. The van der Waals surface area contributed by atoms with E-state index >= 15 is 0 Å². The number of carboxylic acid groups (broad SMARTS) is 1. The number of hydrogen-bond acceptors (Lipinski definition) is 4. The standard InChI is InChI=1S/C13H12ClNO2S2/c1-8(13(16)17)18-6-9-7-19-12(15-9)10-4-2-3-5-11(10)14/h2-5,7-8H,6H2,1H3,(H,16,17). The number of benzene rings is 1. The van der Waals surface area contributed by atoms with E-state index in [9.17, 15) is 4.79 Å². The lowest BCUT2D eigenvalue weighted by molar-refractivity contribution is -0.136. The molecule has 3 nitrogen and oxygen atoms in total. The maximum absolute atomic E-state index is 10.7. The van der Waals surface area contributed by atoms with E-state index in [-0.39, 0.29) is 0 Å². The second-order valence-electron chi connectivity index (χ2n) is 3.92. The summed E-state index contributed by atoms with van der Waals surface area (Å²) in [5.74, 6) is -0.208. The van der Waals surface area contributed by atoms with Crippen molar-refractivity contribution in [2.45, 2.75) is 17.9 Å². The van der Waals surface area contributed by atoms with Gasteiger partial charge in [-0.1, -0.05) is 29.8 Å². The van der Waals surface area contributed by atoms with Crippen LogP contribution in [0.2, 0.25) is 5.02 Å². The average Bonchev–Trinajstić information content (AvgIpc) is 2.85. The Morgan fingerprint density at radius 2 is 2.26 bits per heavy atom. The minimum Gasteiger partial charge on any atom is -0.480 e. The van der Waals surface area contributed by atoms with Gasteiger partial charge in [-0.15, -0.1) is 23.1 Å². The summed E-state index contributed by atoms with van der Waals surface area (Å²) in [5, 5.41) is 11.9. The van der Waals surface area contributed by atoms with Crippen molar-refractivity contribution in [1.82, 2.24) is 4.98 Å². The Bertz CT molecular complexity index is 586. The van der Waals surface area contributed by atoms with Gasteiger partial charge in [0.1, 0.15) is 5.01 Å². The Morgan fingerprint density at radius 1 is 1.53 bits per heavy atom. The van der Waals surface area contributed by atoms with Crippen LogP contribution >= 0.6 is 34.7 Å². The molecule has 0 saturated carbocycles. The highest BCUT2D eigenvalue weighted by Gasteiger charge is 2.13. The number of aromatic nitrogens is 1. The topological polar surface area (TPSA) is 50.2 Å². The minimum absolute atomic E-state index is 0.425. The molecule has 1 aromatic heterocycles. The number of thioether (sulfide) groups is 1. The van der Waals surface area contributed by atoms with Crippen molar-refractivity contribution in [2.75, 3.05) is 0 Å². The third kappa shape index (κ3) is 3.72. The van der Waals surface area contributed by atoms with E-state index in [1.165, 1.54) is 23.1 Å². The smallest absolute Gasteiger partial charge is 0.316 e. The van der Waals surface area contributed by atoms with Gasteiger partial charge in [0.25, 0.3) is 0 Å². The van der Waals surface area contributed by atoms with E-state index in [2.05, 4.69) is 4.98 Å². The lowest BCUT2D eigenvalue weighted by Gasteiger charge is -2.03. The molecular formula is C13H12ClNO2S2. The predicted octanol–water partition coefficient (Wildman–Crippen LogP) is 4.17. The number of hydrogen-bond donors (Lipinski definition) is 1. The number of carbonyl (C=O) groups is 1. The van der Waals surface area contributed by atoms with Gasteiger partial charge in [0.2, 0.25) is 0 Å². The van der Waals surface area contributed by atoms with Crippen LogP contribution in [-0.4, -0.2) is 21.3 Å². The van der Waals surface area contributed by atoms with Crippen LogP contribution in [0.5, 0.6) is 0 Å². The summed E-state index contributed by atoms with van der Waals surface area (Å²) in [4.78, 5) is 15.2. The van der Waals surface area contributed by atoms with Crippen LogP contribution in [0.4, 0.5) is 0 Å². The number of nitrogens with zero attached hydrogens (tertiary/aromatic N) is 1. The molecule has 0 bridgehead atoms. The first-order valence-electron chi connectivity index (χ1n) is 5.61. The molecule has 0 radical (unpaired) electrons. The van der Waals surface area contributed by atoms with Gasteiger partial charge in [0.15, 0.2) is 0 Å². The van der Waals surface area contributed by atoms with Crippen LogP contribution in [0.1, 0.15) is 12.6 Å². The molecule has 1 aromatic carbocycles. The van der Waals surface area contributed by atoms with Crippen molar-refractivity contribution < 1.29 is 9.90 Å². The molecular weight excluding hydrogens is 302 g/mol. The fraction of sp³-hybridized carbons (Fsp3) is 0.231. The first kappa shape index (κ1) is 14.4. The molecule has 0 amide bonds. The lowest BCUT2D eigenvalue weighted by Crippen LogP contribution is -2.11. The van der Waals surface area contributed by atoms with Gasteiger partial charge in [-0.05, 0) is 13.0 Å². The maximum atomic E-state index is 10.7. The summed E-state index contributed by atoms with van der Waals surface area (Å²) in [6.45, 7) is 1.67. The Hall–Kier alpha value is -1.04. The fourth-order valence-electron chi connectivity index (χ4n) is 1.41. The van der Waals surface area contributed by atoms with Gasteiger partial charge in [0.05, 0.1) is 16.0 Å². The maximum Gasteiger partial charge on any atom is 0.316 e. The fourth-order valence-corrected chi connectivity index (χ4v) is 3.37. The van der Waals surface area contributed by atoms with E-state index < -0.39 is 11.2 Å². The molecule has 2 rings (SSSR count). The van der Waals surface area contributed by atoms with Crippen molar-refractivity contribution in [2.24, 2.45) is 0 Å². The van der Waals surface area contributed by atoms with Gasteiger partial charge < -0.3 is 5.11 Å². The molecule has 0 saturated heterocycles. The normalized spacial score (nSPS) is 12.3. The second kappa shape index (κ2) is 6.41. The zero-order valence-electron chi connectivity index (χ0n) is 10.2. The SMILES string of the molecule is CC(SCc1csc(-c2ccccc2Cl)n1)C(=O)O. The molecule has 0 aliphatic carbocycles. The van der Waals surface area contributed by atoms with Crippen LogP contribution < -0.4 is 0 Å². The number of halogens is 1. The van der Waals surface area contributed by atoms with Crippen LogP contribution in [0.25, 0.3) is 10.6 Å². The number of aliphatic carboxylic acids is 1. The lowest BCUT2D eigenvalue weighted by atomic mass is 10.2. The van der Waals surface area contributed by atoms with Crippen LogP contribution in [-0.2, 0) is 10.5 Å². The molecule has 19 heavy (non-hydrogen) atoms. The Labute approximate surface area is 124 Å². The van der Waals surface area contributed by atoms with Crippen molar-refractivity contribution >= 4 is 40.7 Å². The van der Waals surface area contributed by atoms with Crippen molar-refractivity contribution in [3.63, 3.8) is 0 Å². The molecule has 0 aliphatic rings. The van der Waals surface area contributed by atoms with E-state index in [1.807, 2.05) is 29.6 Å². The van der Waals surface area contributed by atoms with Gasteiger partial charge in [-0.3, -0.25) is 4.79 Å². The Balaban J connectivity index is 2.08. The molecule has 1 N–H and O–H groups in total. The molecule has 1 unspecified atom stereocenters. The first-order chi connectivity index (χ1) is 9.08. The minimum atomic E-state index is -0.799. The van der Waals surface area contributed by atoms with E-state index in [0.717, 1.165) is 16.3 Å². The summed E-state index contributed by atoms with van der Waals surface area (Å²) in [5.41, 5.74) is 1.80. The Kier molecular flexibility index (Phi) is 4.85. The Morgan fingerprint density at radius 3 is 2.95 bits per heavy atom. The summed E-state index contributed by atoms with van der Waals surface area (Å²) < 4.78 is 0. The number of rotatable bonds is 5. The summed E-state index contributed by atoms with van der Waals surface area (Å²) in [6, 6.07) is 7.56. The van der Waals surface area contributed by atoms with Crippen molar-refractivity contribution in [3.8, 4) is 10.6 Å². The highest BCUT2D eigenvalue weighted by atomic mass is 35.5. The largest absolute Gasteiger partial charge is 0.480 e. The molecule has 0 spiro atoms.